The third-order valence-corrected chi connectivity index (χ3v) is 4.37. The Labute approximate surface area is 114 Å². The van der Waals surface area contributed by atoms with Crippen molar-refractivity contribution in [3.05, 3.63) is 53.1 Å². The summed E-state index contributed by atoms with van der Waals surface area (Å²) >= 11 is 0. The van der Waals surface area contributed by atoms with E-state index in [0.717, 1.165) is 22.3 Å². The molecule has 0 aliphatic heterocycles. The first-order valence-corrected chi connectivity index (χ1v) is 7.56. The Hall–Kier alpha value is -1.65. The van der Waals surface area contributed by atoms with Crippen molar-refractivity contribution in [2.75, 3.05) is 0 Å². The van der Waals surface area contributed by atoms with Crippen LogP contribution in [0.2, 0.25) is 0 Å². The van der Waals surface area contributed by atoms with Crippen molar-refractivity contribution in [3.63, 3.8) is 0 Å². The predicted octanol–water partition coefficient (Wildman–Crippen LogP) is 2.93. The number of benzene rings is 2. The molecule has 0 heterocycles. The van der Waals surface area contributed by atoms with Gasteiger partial charge in [0.1, 0.15) is 0 Å². The minimum atomic E-state index is -3.73. The standard InChI is InChI=1S/C15H17NO2S/c1-10-6-4-8-13(12(10)3)15-11(2)7-5-9-14(15)19(16,17)18/h4-9H,1-3H3,(H2,16,17,18). The van der Waals surface area contributed by atoms with E-state index >= 15 is 0 Å². The Kier molecular flexibility index (Phi) is 3.47. The first-order valence-electron chi connectivity index (χ1n) is 6.01. The van der Waals surface area contributed by atoms with Crippen molar-refractivity contribution >= 4 is 10.0 Å². The van der Waals surface area contributed by atoms with Gasteiger partial charge >= 0.3 is 0 Å². The lowest BCUT2D eigenvalue weighted by molar-refractivity contribution is 0.598. The van der Waals surface area contributed by atoms with E-state index in [4.69, 9.17) is 5.14 Å². The normalized spacial score (nSPS) is 11.6. The second-order valence-electron chi connectivity index (χ2n) is 4.74. The Bertz CT molecular complexity index is 734. The molecule has 100 valence electrons. The van der Waals surface area contributed by atoms with E-state index in [-0.39, 0.29) is 4.90 Å². The molecular formula is C15H17NO2S. The second-order valence-corrected chi connectivity index (χ2v) is 6.27. The van der Waals surface area contributed by atoms with E-state index < -0.39 is 10.0 Å². The molecular weight excluding hydrogens is 258 g/mol. The van der Waals surface area contributed by atoms with E-state index in [0.29, 0.717) is 5.56 Å². The van der Waals surface area contributed by atoms with Crippen LogP contribution in [-0.4, -0.2) is 8.42 Å². The van der Waals surface area contributed by atoms with Gasteiger partial charge in [-0.3, -0.25) is 0 Å². The van der Waals surface area contributed by atoms with Crippen LogP contribution < -0.4 is 5.14 Å². The summed E-state index contributed by atoms with van der Waals surface area (Å²) in [6.45, 7) is 5.89. The van der Waals surface area contributed by atoms with E-state index in [2.05, 4.69) is 0 Å². The zero-order chi connectivity index (χ0) is 14.2. The third kappa shape index (κ3) is 2.55. The van der Waals surface area contributed by atoms with Gasteiger partial charge in [0.2, 0.25) is 10.0 Å². The van der Waals surface area contributed by atoms with Crippen LogP contribution in [0.25, 0.3) is 11.1 Å². The van der Waals surface area contributed by atoms with Crippen molar-refractivity contribution in [2.45, 2.75) is 25.7 Å². The topological polar surface area (TPSA) is 60.2 Å². The number of hydrogen-bond acceptors (Lipinski definition) is 2. The molecule has 0 aliphatic carbocycles. The van der Waals surface area contributed by atoms with Crippen LogP contribution in [-0.2, 0) is 10.0 Å². The Morgan fingerprint density at radius 2 is 1.47 bits per heavy atom. The third-order valence-electron chi connectivity index (χ3n) is 3.42. The Morgan fingerprint density at radius 1 is 0.895 bits per heavy atom. The van der Waals surface area contributed by atoms with Crippen LogP contribution in [0.1, 0.15) is 16.7 Å². The van der Waals surface area contributed by atoms with Gasteiger partial charge in [-0.25, -0.2) is 13.6 Å². The van der Waals surface area contributed by atoms with E-state index in [1.807, 2.05) is 45.0 Å². The fourth-order valence-electron chi connectivity index (χ4n) is 2.25. The highest BCUT2D eigenvalue weighted by atomic mass is 32.2. The minimum absolute atomic E-state index is 0.182. The largest absolute Gasteiger partial charge is 0.238 e. The zero-order valence-electron chi connectivity index (χ0n) is 11.3. The lowest BCUT2D eigenvalue weighted by Gasteiger charge is -2.15. The quantitative estimate of drug-likeness (QED) is 0.916. The maximum atomic E-state index is 11.8. The molecule has 2 N–H and O–H groups in total. The highest BCUT2D eigenvalue weighted by molar-refractivity contribution is 7.89. The van der Waals surface area contributed by atoms with E-state index in [9.17, 15) is 8.42 Å². The SMILES string of the molecule is Cc1cccc(-c2c(C)cccc2S(N)(=O)=O)c1C. The van der Waals surface area contributed by atoms with Gasteiger partial charge in [-0.05, 0) is 49.1 Å². The van der Waals surface area contributed by atoms with Gasteiger partial charge in [-0.1, -0.05) is 30.3 Å². The summed E-state index contributed by atoms with van der Waals surface area (Å²) in [7, 11) is -3.73. The molecule has 2 aromatic rings. The lowest BCUT2D eigenvalue weighted by atomic mass is 9.94. The molecule has 0 saturated carbocycles. The molecule has 0 amide bonds. The van der Waals surface area contributed by atoms with Crippen LogP contribution in [0.15, 0.2) is 41.3 Å². The van der Waals surface area contributed by atoms with Crippen LogP contribution in [0.4, 0.5) is 0 Å². The van der Waals surface area contributed by atoms with Gasteiger partial charge in [0, 0.05) is 5.56 Å². The Morgan fingerprint density at radius 3 is 2.11 bits per heavy atom. The summed E-state index contributed by atoms with van der Waals surface area (Å²) in [6, 6.07) is 11.0. The Balaban J connectivity index is 2.86. The van der Waals surface area contributed by atoms with Crippen LogP contribution >= 0.6 is 0 Å². The highest BCUT2D eigenvalue weighted by Gasteiger charge is 2.18. The molecule has 3 nitrogen and oxygen atoms in total. The van der Waals surface area contributed by atoms with Gasteiger partial charge in [0.15, 0.2) is 0 Å². The minimum Gasteiger partial charge on any atom is -0.225 e. The van der Waals surface area contributed by atoms with E-state index in [1.54, 1.807) is 12.1 Å². The van der Waals surface area contributed by atoms with Gasteiger partial charge < -0.3 is 0 Å². The average molecular weight is 275 g/mol. The number of aryl methyl sites for hydroxylation is 2. The first-order chi connectivity index (χ1) is 8.82. The van der Waals surface area contributed by atoms with Crippen LogP contribution in [0.3, 0.4) is 0 Å². The summed E-state index contributed by atoms with van der Waals surface area (Å²) in [6.07, 6.45) is 0. The molecule has 4 heteroatoms. The molecule has 0 atom stereocenters. The van der Waals surface area contributed by atoms with Crippen molar-refractivity contribution < 1.29 is 8.42 Å². The van der Waals surface area contributed by atoms with Crippen LogP contribution in [0.5, 0.6) is 0 Å². The molecule has 0 fully saturated rings. The van der Waals surface area contributed by atoms with Crippen molar-refractivity contribution in [3.8, 4) is 11.1 Å². The molecule has 0 unspecified atom stereocenters. The first kappa shape index (κ1) is 13.8. The monoisotopic (exact) mass is 275 g/mol. The number of nitrogens with two attached hydrogens (primary N) is 1. The smallest absolute Gasteiger partial charge is 0.225 e. The van der Waals surface area contributed by atoms with Crippen LogP contribution in [0, 0.1) is 20.8 Å². The molecule has 0 bridgehead atoms. The molecule has 19 heavy (non-hydrogen) atoms. The summed E-state index contributed by atoms with van der Waals surface area (Å²) in [4.78, 5) is 0.182. The molecule has 0 saturated heterocycles. The highest BCUT2D eigenvalue weighted by Crippen LogP contribution is 2.33. The van der Waals surface area contributed by atoms with Crippen molar-refractivity contribution in [1.29, 1.82) is 0 Å². The molecule has 0 aromatic heterocycles. The number of sulfonamides is 1. The van der Waals surface area contributed by atoms with Crippen molar-refractivity contribution in [2.24, 2.45) is 5.14 Å². The summed E-state index contributed by atoms with van der Waals surface area (Å²) in [5.41, 5.74) is 4.72. The summed E-state index contributed by atoms with van der Waals surface area (Å²) < 4.78 is 23.5. The molecule has 2 rings (SSSR count). The molecule has 2 aromatic carbocycles. The predicted molar refractivity (Wildman–Crippen MR) is 77.5 cm³/mol. The second kappa shape index (κ2) is 4.79. The molecule has 0 aliphatic rings. The molecule has 0 spiro atoms. The summed E-state index contributed by atoms with van der Waals surface area (Å²) in [5, 5.41) is 5.32. The maximum absolute atomic E-state index is 11.8. The average Bonchev–Trinajstić information content (AvgIpc) is 2.32. The molecule has 0 radical (unpaired) electrons. The number of primary sulfonamides is 1. The van der Waals surface area contributed by atoms with Gasteiger partial charge in [-0.2, -0.15) is 0 Å². The van der Waals surface area contributed by atoms with Crippen molar-refractivity contribution in [1.82, 2.24) is 0 Å². The fourth-order valence-corrected chi connectivity index (χ4v) is 3.07. The summed E-state index contributed by atoms with van der Waals surface area (Å²) in [5.74, 6) is 0. The lowest BCUT2D eigenvalue weighted by Crippen LogP contribution is -2.14. The maximum Gasteiger partial charge on any atom is 0.238 e. The van der Waals surface area contributed by atoms with E-state index in [1.165, 1.54) is 0 Å². The number of rotatable bonds is 2. The van der Waals surface area contributed by atoms with Gasteiger partial charge in [0.25, 0.3) is 0 Å². The number of hydrogen-bond donors (Lipinski definition) is 1. The zero-order valence-corrected chi connectivity index (χ0v) is 12.1. The van der Waals surface area contributed by atoms with Gasteiger partial charge in [-0.15, -0.1) is 0 Å². The fraction of sp³-hybridized carbons (Fsp3) is 0.200. The van der Waals surface area contributed by atoms with Gasteiger partial charge in [0.05, 0.1) is 4.90 Å².